The van der Waals surface area contributed by atoms with Gasteiger partial charge in [0.15, 0.2) is 0 Å². The van der Waals surface area contributed by atoms with Crippen LogP contribution in [0, 0.1) is 0 Å². The van der Waals surface area contributed by atoms with Crippen LogP contribution in [0.15, 0.2) is 0 Å². The molecule has 18 heavy (non-hydrogen) atoms. The van der Waals surface area contributed by atoms with Crippen molar-refractivity contribution in [1.29, 1.82) is 0 Å². The first kappa shape index (κ1) is 15.1. The minimum absolute atomic E-state index is 0.185. The Bertz CT molecular complexity index is 294. The van der Waals surface area contributed by atoms with Crippen LogP contribution in [0.1, 0.15) is 27.2 Å². The second-order valence-corrected chi connectivity index (χ2v) is 5.71. The van der Waals surface area contributed by atoms with E-state index in [1.54, 1.807) is 25.7 Å². The summed E-state index contributed by atoms with van der Waals surface area (Å²) in [6.45, 7) is 5.81. The number of carbonyl (C=O) groups is 1. The second-order valence-electron chi connectivity index (χ2n) is 5.71. The fourth-order valence-corrected chi connectivity index (χ4v) is 2.46. The van der Waals surface area contributed by atoms with Crippen LogP contribution >= 0.6 is 0 Å². The molecule has 1 fully saturated rings. The molecule has 106 valence electrons. The topological polar surface area (TPSA) is 43.8 Å². The zero-order chi connectivity index (χ0) is 13.9. The van der Waals surface area contributed by atoms with Crippen molar-refractivity contribution >= 4 is 6.09 Å². The van der Waals surface area contributed by atoms with Crippen LogP contribution in [0.4, 0.5) is 13.6 Å². The summed E-state index contributed by atoms with van der Waals surface area (Å²) in [6, 6.07) is -0.665. The first-order chi connectivity index (χ1) is 8.27. The van der Waals surface area contributed by atoms with Crippen molar-refractivity contribution in [2.24, 2.45) is 0 Å². The molecule has 1 aliphatic rings. The van der Waals surface area contributed by atoms with Crippen molar-refractivity contribution in [3.8, 4) is 0 Å². The van der Waals surface area contributed by atoms with Gasteiger partial charge in [-0.2, -0.15) is 0 Å². The summed E-state index contributed by atoms with van der Waals surface area (Å²) in [5, 5.41) is 9.23. The molecule has 6 heteroatoms. The lowest BCUT2D eigenvalue weighted by Gasteiger charge is -2.38. The van der Waals surface area contributed by atoms with Crippen molar-refractivity contribution in [1.82, 2.24) is 9.80 Å². The van der Waals surface area contributed by atoms with Gasteiger partial charge in [0, 0.05) is 25.2 Å². The number of carboxylic acid groups (broad SMARTS) is 1. The Balaban J connectivity index is 2.72. The van der Waals surface area contributed by atoms with Gasteiger partial charge in [0.05, 0.1) is 12.7 Å². The SMILES string of the molecule is CC(C)(C)N(C(=O)O)[C@@H]1CN(CCCF)C[C@H]1F. The van der Waals surface area contributed by atoms with E-state index < -0.39 is 30.5 Å². The van der Waals surface area contributed by atoms with Crippen LogP contribution in [-0.4, -0.2) is 65.1 Å². The predicted molar refractivity (Wildman–Crippen MR) is 65.3 cm³/mol. The first-order valence-electron chi connectivity index (χ1n) is 6.22. The Morgan fingerprint density at radius 3 is 2.50 bits per heavy atom. The van der Waals surface area contributed by atoms with Crippen LogP contribution in [0.2, 0.25) is 0 Å². The zero-order valence-electron chi connectivity index (χ0n) is 11.2. The van der Waals surface area contributed by atoms with E-state index in [2.05, 4.69) is 0 Å². The first-order valence-corrected chi connectivity index (χ1v) is 6.22. The van der Waals surface area contributed by atoms with Crippen molar-refractivity contribution < 1.29 is 18.7 Å². The number of halogens is 2. The molecular formula is C12H22F2N2O2. The highest BCUT2D eigenvalue weighted by atomic mass is 19.1. The standard InChI is InChI=1S/C12H22F2N2O2/c1-12(2,3)16(11(17)18)10-8-15(6-4-5-13)7-9(10)14/h9-10H,4-8H2,1-3H3,(H,17,18)/t9-,10-/m1/s1. The number of likely N-dealkylation sites (tertiary alicyclic amines) is 1. The van der Waals surface area contributed by atoms with Gasteiger partial charge in [-0.3, -0.25) is 14.2 Å². The molecule has 0 radical (unpaired) electrons. The van der Waals surface area contributed by atoms with E-state index in [0.717, 1.165) is 0 Å². The number of hydrogen-bond donors (Lipinski definition) is 1. The molecule has 0 aromatic rings. The van der Waals surface area contributed by atoms with E-state index >= 15 is 0 Å². The molecule has 1 aliphatic heterocycles. The van der Waals surface area contributed by atoms with E-state index in [9.17, 15) is 18.7 Å². The van der Waals surface area contributed by atoms with Crippen LogP contribution in [0.3, 0.4) is 0 Å². The van der Waals surface area contributed by atoms with E-state index in [1.807, 2.05) is 0 Å². The van der Waals surface area contributed by atoms with Gasteiger partial charge in [0.1, 0.15) is 6.17 Å². The molecule has 0 aromatic carbocycles. The van der Waals surface area contributed by atoms with Crippen molar-refractivity contribution in [3.05, 3.63) is 0 Å². The molecule has 0 aromatic heterocycles. The molecule has 1 rings (SSSR count). The predicted octanol–water partition coefficient (Wildman–Crippen LogP) is 2.15. The highest BCUT2D eigenvalue weighted by Gasteiger charge is 2.43. The summed E-state index contributed by atoms with van der Waals surface area (Å²) < 4.78 is 26.1. The van der Waals surface area contributed by atoms with Crippen LogP contribution in [-0.2, 0) is 0 Å². The summed E-state index contributed by atoms with van der Waals surface area (Å²) in [5.41, 5.74) is -0.642. The zero-order valence-corrected chi connectivity index (χ0v) is 11.2. The van der Waals surface area contributed by atoms with E-state index in [1.165, 1.54) is 4.90 Å². The Kier molecular flexibility index (Phi) is 4.90. The number of nitrogens with zero attached hydrogens (tertiary/aromatic N) is 2. The van der Waals surface area contributed by atoms with Gasteiger partial charge in [0.25, 0.3) is 0 Å². The molecule has 1 saturated heterocycles. The maximum atomic E-state index is 14.0. The van der Waals surface area contributed by atoms with Crippen molar-refractivity contribution in [3.63, 3.8) is 0 Å². The number of rotatable bonds is 4. The summed E-state index contributed by atoms with van der Waals surface area (Å²) in [6.07, 6.45) is -1.95. The van der Waals surface area contributed by atoms with Gasteiger partial charge in [-0.15, -0.1) is 0 Å². The van der Waals surface area contributed by atoms with Crippen molar-refractivity contribution in [2.45, 2.75) is 44.9 Å². The van der Waals surface area contributed by atoms with Gasteiger partial charge in [0.2, 0.25) is 0 Å². The van der Waals surface area contributed by atoms with Gasteiger partial charge in [-0.25, -0.2) is 9.18 Å². The maximum Gasteiger partial charge on any atom is 0.408 e. The molecule has 0 unspecified atom stereocenters. The molecule has 0 spiro atoms. The van der Waals surface area contributed by atoms with Gasteiger partial charge >= 0.3 is 6.09 Å². The largest absolute Gasteiger partial charge is 0.465 e. The van der Waals surface area contributed by atoms with E-state index in [0.29, 0.717) is 19.5 Å². The lowest BCUT2D eigenvalue weighted by Crippen LogP contribution is -2.54. The smallest absolute Gasteiger partial charge is 0.408 e. The Labute approximate surface area is 107 Å². The molecule has 0 bridgehead atoms. The molecule has 1 heterocycles. The third kappa shape index (κ3) is 3.54. The van der Waals surface area contributed by atoms with Crippen molar-refractivity contribution in [2.75, 3.05) is 26.3 Å². The highest BCUT2D eigenvalue weighted by molar-refractivity contribution is 5.66. The third-order valence-electron chi connectivity index (χ3n) is 3.16. The molecule has 0 saturated carbocycles. The average Bonchev–Trinajstić information content (AvgIpc) is 2.54. The average molecular weight is 264 g/mol. The monoisotopic (exact) mass is 264 g/mol. The van der Waals surface area contributed by atoms with Crippen LogP contribution in [0.25, 0.3) is 0 Å². The number of hydrogen-bond acceptors (Lipinski definition) is 2. The molecule has 0 aliphatic carbocycles. The molecule has 2 atom stereocenters. The summed E-state index contributed by atoms with van der Waals surface area (Å²) in [7, 11) is 0. The third-order valence-corrected chi connectivity index (χ3v) is 3.16. The quantitative estimate of drug-likeness (QED) is 0.846. The number of amides is 1. The molecule has 1 amide bonds. The lowest BCUT2D eigenvalue weighted by molar-refractivity contribution is 0.0528. The highest BCUT2D eigenvalue weighted by Crippen LogP contribution is 2.26. The summed E-state index contributed by atoms with van der Waals surface area (Å²) >= 11 is 0. The number of alkyl halides is 2. The van der Waals surface area contributed by atoms with Crippen LogP contribution < -0.4 is 0 Å². The normalized spacial score (nSPS) is 25.4. The van der Waals surface area contributed by atoms with E-state index in [4.69, 9.17) is 0 Å². The maximum absolute atomic E-state index is 14.0. The van der Waals surface area contributed by atoms with Gasteiger partial charge in [-0.1, -0.05) is 0 Å². The van der Waals surface area contributed by atoms with Gasteiger partial charge < -0.3 is 5.11 Å². The lowest BCUT2D eigenvalue weighted by atomic mass is 10.0. The Morgan fingerprint density at radius 2 is 2.06 bits per heavy atom. The molecule has 1 N–H and O–H groups in total. The second kappa shape index (κ2) is 5.82. The molecule has 4 nitrogen and oxygen atoms in total. The fraction of sp³-hybridized carbons (Fsp3) is 0.917. The van der Waals surface area contributed by atoms with E-state index in [-0.39, 0.29) is 6.54 Å². The Morgan fingerprint density at radius 1 is 1.44 bits per heavy atom. The summed E-state index contributed by atoms with van der Waals surface area (Å²) in [4.78, 5) is 14.2. The molecular weight excluding hydrogens is 242 g/mol. The van der Waals surface area contributed by atoms with Gasteiger partial charge in [-0.05, 0) is 27.2 Å². The van der Waals surface area contributed by atoms with Crippen LogP contribution in [0.5, 0.6) is 0 Å². The minimum atomic E-state index is -1.21. The Hall–Kier alpha value is -0.910. The minimum Gasteiger partial charge on any atom is -0.465 e. The summed E-state index contributed by atoms with van der Waals surface area (Å²) in [5.74, 6) is 0. The fourth-order valence-electron chi connectivity index (χ4n) is 2.46.